The van der Waals surface area contributed by atoms with Crippen LogP contribution in [0.2, 0.25) is 0 Å². The number of nitrogens with one attached hydrogen (secondary N) is 1. The van der Waals surface area contributed by atoms with E-state index in [1.807, 2.05) is 25.1 Å². The third-order valence-corrected chi connectivity index (χ3v) is 1.51. The van der Waals surface area contributed by atoms with Crippen molar-refractivity contribution in [1.82, 2.24) is 0 Å². The van der Waals surface area contributed by atoms with E-state index < -0.39 is 0 Å². The fourth-order valence-corrected chi connectivity index (χ4v) is 0.861. The molecule has 54 valence electrons. The summed E-state index contributed by atoms with van der Waals surface area (Å²) in [5.74, 6) is 0.338. The molecule has 2 N–H and O–H groups in total. The topological polar surface area (TPSA) is 32.3 Å². The van der Waals surface area contributed by atoms with Gasteiger partial charge in [0.25, 0.3) is 0 Å². The van der Waals surface area contributed by atoms with Crippen molar-refractivity contribution in [2.24, 2.45) is 0 Å². The first-order valence-corrected chi connectivity index (χ1v) is 3.22. The van der Waals surface area contributed by atoms with Gasteiger partial charge >= 0.3 is 0 Å². The Bertz CT molecular complexity index is 233. The molecule has 1 aromatic carbocycles. The van der Waals surface area contributed by atoms with Gasteiger partial charge in [0, 0.05) is 7.05 Å². The number of anilines is 1. The summed E-state index contributed by atoms with van der Waals surface area (Å²) in [6.45, 7) is 1.87. The molecule has 0 aromatic heterocycles. The van der Waals surface area contributed by atoms with Crippen LogP contribution in [0, 0.1) is 6.92 Å². The molecule has 0 amide bonds. The predicted molar refractivity (Wildman–Crippen MR) is 42.4 cm³/mol. The molecule has 0 fully saturated rings. The largest absolute Gasteiger partial charge is 0.506 e. The molecular weight excluding hydrogens is 126 g/mol. The summed E-state index contributed by atoms with van der Waals surface area (Å²) in [6, 6.07) is 5.61. The van der Waals surface area contributed by atoms with Crippen LogP contribution >= 0.6 is 0 Å². The van der Waals surface area contributed by atoms with E-state index in [1.165, 1.54) is 0 Å². The number of phenols is 1. The molecule has 10 heavy (non-hydrogen) atoms. The van der Waals surface area contributed by atoms with Gasteiger partial charge in [-0.2, -0.15) is 0 Å². The molecule has 0 heterocycles. The summed E-state index contributed by atoms with van der Waals surface area (Å²) in [5.41, 5.74) is 1.67. The van der Waals surface area contributed by atoms with Gasteiger partial charge < -0.3 is 10.4 Å². The van der Waals surface area contributed by atoms with Crippen LogP contribution in [0.25, 0.3) is 0 Å². The molecule has 1 rings (SSSR count). The van der Waals surface area contributed by atoms with Crippen molar-refractivity contribution in [2.75, 3.05) is 12.4 Å². The minimum atomic E-state index is 0.338. The van der Waals surface area contributed by atoms with Crippen molar-refractivity contribution in [3.8, 4) is 5.75 Å². The Kier molecular flexibility index (Phi) is 1.81. The molecule has 0 aliphatic heterocycles. The zero-order valence-corrected chi connectivity index (χ0v) is 6.18. The lowest BCUT2D eigenvalue weighted by atomic mass is 10.2. The summed E-state index contributed by atoms with van der Waals surface area (Å²) >= 11 is 0. The molecule has 1 aromatic rings. The standard InChI is InChI=1S/C8H11NO/c1-6-4-3-5-7(9-2)8(6)10/h3-5,9-10H,1-2H3. The minimum absolute atomic E-state index is 0.338. The van der Waals surface area contributed by atoms with Crippen LogP contribution in [0.3, 0.4) is 0 Å². The summed E-state index contributed by atoms with van der Waals surface area (Å²) in [6.07, 6.45) is 0. The van der Waals surface area contributed by atoms with E-state index in [0.717, 1.165) is 11.3 Å². The second kappa shape index (κ2) is 2.60. The van der Waals surface area contributed by atoms with E-state index in [2.05, 4.69) is 5.32 Å². The molecule has 2 heteroatoms. The average Bonchev–Trinajstić information content (AvgIpc) is 1.95. The van der Waals surface area contributed by atoms with E-state index in [0.29, 0.717) is 5.75 Å². The first-order valence-electron chi connectivity index (χ1n) is 3.22. The number of para-hydroxylation sites is 1. The number of rotatable bonds is 1. The summed E-state index contributed by atoms with van der Waals surface area (Å²) in [7, 11) is 1.79. The van der Waals surface area contributed by atoms with Gasteiger partial charge in [-0.25, -0.2) is 0 Å². The van der Waals surface area contributed by atoms with Crippen molar-refractivity contribution in [3.63, 3.8) is 0 Å². The first kappa shape index (κ1) is 6.93. The maximum atomic E-state index is 9.34. The number of aromatic hydroxyl groups is 1. The van der Waals surface area contributed by atoms with Gasteiger partial charge in [0.2, 0.25) is 0 Å². The second-order valence-corrected chi connectivity index (χ2v) is 2.22. The van der Waals surface area contributed by atoms with E-state index >= 15 is 0 Å². The highest BCUT2D eigenvalue weighted by atomic mass is 16.3. The lowest BCUT2D eigenvalue weighted by Crippen LogP contribution is -1.88. The van der Waals surface area contributed by atoms with Crippen LogP contribution in [-0.4, -0.2) is 12.2 Å². The van der Waals surface area contributed by atoms with Gasteiger partial charge in [-0.05, 0) is 18.6 Å². The summed E-state index contributed by atoms with van der Waals surface area (Å²) in [5, 5.41) is 12.2. The molecule has 0 saturated heterocycles. The van der Waals surface area contributed by atoms with Gasteiger partial charge in [0.1, 0.15) is 5.75 Å². The van der Waals surface area contributed by atoms with Crippen molar-refractivity contribution in [3.05, 3.63) is 23.8 Å². The van der Waals surface area contributed by atoms with Crippen molar-refractivity contribution in [1.29, 1.82) is 0 Å². The Morgan fingerprint density at radius 1 is 1.40 bits per heavy atom. The van der Waals surface area contributed by atoms with Crippen LogP contribution in [0.1, 0.15) is 5.56 Å². The zero-order valence-electron chi connectivity index (χ0n) is 6.18. The molecule has 0 aliphatic rings. The van der Waals surface area contributed by atoms with E-state index in [1.54, 1.807) is 7.05 Å². The summed E-state index contributed by atoms with van der Waals surface area (Å²) in [4.78, 5) is 0. The Hall–Kier alpha value is -1.18. The zero-order chi connectivity index (χ0) is 7.56. The molecule has 0 aliphatic carbocycles. The highest BCUT2D eigenvalue weighted by Crippen LogP contribution is 2.25. The third kappa shape index (κ3) is 1.05. The van der Waals surface area contributed by atoms with Crippen LogP contribution < -0.4 is 5.32 Å². The van der Waals surface area contributed by atoms with Crippen molar-refractivity contribution >= 4 is 5.69 Å². The maximum absolute atomic E-state index is 9.34. The quantitative estimate of drug-likeness (QED) is 0.578. The van der Waals surface area contributed by atoms with E-state index in [-0.39, 0.29) is 0 Å². The molecule has 0 bridgehead atoms. The van der Waals surface area contributed by atoms with Gasteiger partial charge in [-0.3, -0.25) is 0 Å². The van der Waals surface area contributed by atoms with Gasteiger partial charge in [0.05, 0.1) is 5.69 Å². The third-order valence-electron chi connectivity index (χ3n) is 1.51. The lowest BCUT2D eigenvalue weighted by molar-refractivity contribution is 0.473. The Morgan fingerprint density at radius 3 is 2.60 bits per heavy atom. The normalized spacial score (nSPS) is 9.40. The number of hydrogen-bond donors (Lipinski definition) is 2. The Morgan fingerprint density at radius 2 is 2.10 bits per heavy atom. The molecular formula is C8H11NO. The first-order chi connectivity index (χ1) is 4.75. The van der Waals surface area contributed by atoms with Gasteiger partial charge in [-0.1, -0.05) is 12.1 Å². The maximum Gasteiger partial charge on any atom is 0.141 e. The number of hydrogen-bond acceptors (Lipinski definition) is 2. The Labute approximate surface area is 60.5 Å². The molecule has 0 unspecified atom stereocenters. The van der Waals surface area contributed by atoms with Crippen LogP contribution in [0.4, 0.5) is 5.69 Å². The molecule has 0 radical (unpaired) electrons. The highest BCUT2D eigenvalue weighted by molar-refractivity contribution is 5.58. The van der Waals surface area contributed by atoms with E-state index in [4.69, 9.17) is 0 Å². The fraction of sp³-hybridized carbons (Fsp3) is 0.250. The number of phenolic OH excluding ortho intramolecular Hbond substituents is 1. The Balaban J connectivity index is 3.14. The number of benzene rings is 1. The van der Waals surface area contributed by atoms with Gasteiger partial charge in [0.15, 0.2) is 0 Å². The second-order valence-electron chi connectivity index (χ2n) is 2.22. The van der Waals surface area contributed by atoms with E-state index in [9.17, 15) is 5.11 Å². The van der Waals surface area contributed by atoms with Gasteiger partial charge in [-0.15, -0.1) is 0 Å². The average molecular weight is 137 g/mol. The SMILES string of the molecule is CNc1cccc(C)c1O. The molecule has 0 saturated carbocycles. The highest BCUT2D eigenvalue weighted by Gasteiger charge is 1.98. The smallest absolute Gasteiger partial charge is 0.141 e. The monoisotopic (exact) mass is 137 g/mol. The number of aryl methyl sites for hydroxylation is 1. The molecule has 0 atom stereocenters. The molecule has 0 spiro atoms. The van der Waals surface area contributed by atoms with Crippen molar-refractivity contribution < 1.29 is 5.11 Å². The van der Waals surface area contributed by atoms with Crippen molar-refractivity contribution in [2.45, 2.75) is 6.92 Å². The summed E-state index contributed by atoms with van der Waals surface area (Å²) < 4.78 is 0. The minimum Gasteiger partial charge on any atom is -0.506 e. The lowest BCUT2D eigenvalue weighted by Gasteiger charge is -2.04. The van der Waals surface area contributed by atoms with Crippen LogP contribution in [-0.2, 0) is 0 Å². The van der Waals surface area contributed by atoms with Crippen LogP contribution in [0.15, 0.2) is 18.2 Å². The molecule has 2 nitrogen and oxygen atoms in total. The fourth-order valence-electron chi connectivity index (χ4n) is 0.861. The predicted octanol–water partition coefficient (Wildman–Crippen LogP) is 1.74. The van der Waals surface area contributed by atoms with Crippen LogP contribution in [0.5, 0.6) is 5.75 Å².